The fourth-order valence-corrected chi connectivity index (χ4v) is 3.60. The van der Waals surface area contributed by atoms with Gasteiger partial charge in [0.25, 0.3) is 0 Å². The van der Waals surface area contributed by atoms with Crippen LogP contribution in [0.4, 0.5) is 0 Å². The summed E-state index contributed by atoms with van der Waals surface area (Å²) in [5.74, 6) is 0.220. The van der Waals surface area contributed by atoms with Gasteiger partial charge in [0.15, 0.2) is 0 Å². The monoisotopic (exact) mass is 477 g/mol. The van der Waals surface area contributed by atoms with Crippen molar-refractivity contribution < 1.29 is 22.6 Å². The van der Waals surface area contributed by atoms with Crippen molar-refractivity contribution in [2.75, 3.05) is 5.88 Å². The Labute approximate surface area is 194 Å². The Balaban J connectivity index is 0.000000654. The van der Waals surface area contributed by atoms with Crippen LogP contribution < -0.4 is 0 Å². The molecule has 0 saturated carbocycles. The number of hydrogen-bond donors (Lipinski definition) is 3. The van der Waals surface area contributed by atoms with Crippen LogP contribution in [0.25, 0.3) is 0 Å². The highest BCUT2D eigenvalue weighted by atomic mass is 35.5. The van der Waals surface area contributed by atoms with Crippen LogP contribution in [0.2, 0.25) is 0 Å². The topological polar surface area (TPSA) is 98.1 Å². The van der Waals surface area contributed by atoms with Crippen molar-refractivity contribution in [3.8, 4) is 0 Å². The molecule has 0 aliphatic rings. The Hall–Kier alpha value is -2.26. The van der Waals surface area contributed by atoms with Crippen LogP contribution >= 0.6 is 11.6 Å². The maximum atomic E-state index is 10.7. The third-order valence-electron chi connectivity index (χ3n) is 4.82. The first-order valence-electron chi connectivity index (χ1n) is 10.1. The molecule has 0 fully saturated rings. The number of benzene rings is 3. The Morgan fingerprint density at radius 1 is 0.719 bits per heavy atom. The van der Waals surface area contributed by atoms with E-state index in [1.54, 1.807) is 0 Å². The Morgan fingerprint density at radius 2 is 1.06 bits per heavy atom. The van der Waals surface area contributed by atoms with E-state index in [1.807, 2.05) is 30.3 Å². The number of nitrogens with zero attached hydrogens (tertiary/aromatic N) is 1. The summed E-state index contributed by atoms with van der Waals surface area (Å²) in [6.45, 7) is 1.53. The minimum atomic E-state index is -4.67. The second-order valence-corrected chi connectivity index (χ2v) is 8.51. The van der Waals surface area contributed by atoms with Gasteiger partial charge >= 0.3 is 10.4 Å². The van der Waals surface area contributed by atoms with Crippen LogP contribution in [0, 0.1) is 0 Å². The summed E-state index contributed by atoms with van der Waals surface area (Å²) < 4.78 is 31.6. The van der Waals surface area contributed by atoms with E-state index in [0.717, 1.165) is 19.5 Å². The third kappa shape index (κ3) is 10.4. The van der Waals surface area contributed by atoms with Crippen LogP contribution in [-0.2, 0) is 29.9 Å². The van der Waals surface area contributed by atoms with Gasteiger partial charge in [-0.1, -0.05) is 91.0 Å². The van der Waals surface area contributed by atoms with E-state index in [1.165, 1.54) is 16.7 Å². The second-order valence-electron chi connectivity index (χ2n) is 7.30. The van der Waals surface area contributed by atoms with E-state index in [4.69, 9.17) is 29.1 Å². The predicted molar refractivity (Wildman–Crippen MR) is 127 cm³/mol. The fraction of sp³-hybridized carbons (Fsp3) is 0.250. The van der Waals surface area contributed by atoms with E-state index >= 15 is 0 Å². The smallest absolute Gasteiger partial charge is 0.390 e. The minimum Gasteiger partial charge on any atom is -0.390 e. The molecule has 172 valence electrons. The molecular formula is C24H28ClNO5S. The molecule has 0 bridgehead atoms. The number of rotatable bonds is 9. The summed E-state index contributed by atoms with van der Waals surface area (Å²) in [6, 6.07) is 31.0. The summed E-state index contributed by atoms with van der Waals surface area (Å²) >= 11 is 6.09. The fourth-order valence-electron chi connectivity index (χ4n) is 3.39. The Morgan fingerprint density at radius 3 is 1.41 bits per heavy atom. The molecule has 0 amide bonds. The molecule has 3 N–H and O–H groups in total. The molecule has 0 aromatic heterocycles. The lowest BCUT2D eigenvalue weighted by Gasteiger charge is -2.35. The molecule has 32 heavy (non-hydrogen) atoms. The predicted octanol–water partition coefficient (Wildman–Crippen LogP) is 4.25. The minimum absolute atomic E-state index is 0.0645. The first-order chi connectivity index (χ1) is 15.3. The summed E-state index contributed by atoms with van der Waals surface area (Å²) in [5.41, 5.74) is 3.67. The van der Waals surface area contributed by atoms with Crippen LogP contribution in [0.1, 0.15) is 16.7 Å². The van der Waals surface area contributed by atoms with Crippen LogP contribution in [-0.4, -0.2) is 45.6 Å². The molecule has 0 spiro atoms. The van der Waals surface area contributed by atoms with Crippen molar-refractivity contribution in [2.24, 2.45) is 0 Å². The van der Waals surface area contributed by atoms with E-state index < -0.39 is 16.5 Å². The lowest BCUT2D eigenvalue weighted by atomic mass is 9.99. The van der Waals surface area contributed by atoms with E-state index in [0.29, 0.717) is 0 Å². The number of aliphatic hydroxyl groups excluding tert-OH is 1. The number of halogens is 1. The maximum Gasteiger partial charge on any atom is 0.394 e. The molecule has 0 radical (unpaired) electrons. The number of hydrogen-bond acceptors (Lipinski definition) is 4. The number of alkyl halides is 1. The van der Waals surface area contributed by atoms with Gasteiger partial charge in [0.05, 0.1) is 6.10 Å². The molecule has 0 aliphatic heterocycles. The largest absolute Gasteiger partial charge is 0.394 e. The van der Waals surface area contributed by atoms with E-state index in [2.05, 4.69) is 65.6 Å². The highest BCUT2D eigenvalue weighted by Gasteiger charge is 2.26. The molecule has 3 rings (SSSR count). The van der Waals surface area contributed by atoms with E-state index in [-0.39, 0.29) is 11.9 Å². The highest BCUT2D eigenvalue weighted by Crippen LogP contribution is 2.20. The van der Waals surface area contributed by atoms with Gasteiger partial charge in [0.2, 0.25) is 0 Å². The van der Waals surface area contributed by atoms with Crippen LogP contribution in [0.15, 0.2) is 91.0 Å². The molecule has 0 unspecified atom stereocenters. The van der Waals surface area contributed by atoms with Gasteiger partial charge in [-0.3, -0.25) is 14.0 Å². The van der Waals surface area contributed by atoms with Crippen molar-refractivity contribution in [3.05, 3.63) is 108 Å². The zero-order chi connectivity index (χ0) is 23.4. The van der Waals surface area contributed by atoms with E-state index in [9.17, 15) is 5.11 Å². The molecule has 3 aromatic carbocycles. The first-order valence-corrected chi connectivity index (χ1v) is 12.0. The van der Waals surface area contributed by atoms with Crippen LogP contribution in [0.3, 0.4) is 0 Å². The molecule has 2 atom stereocenters. The van der Waals surface area contributed by atoms with Crippen molar-refractivity contribution in [3.63, 3.8) is 0 Å². The quantitative estimate of drug-likeness (QED) is 0.315. The summed E-state index contributed by atoms with van der Waals surface area (Å²) in [5, 5.41) is 10.7. The lowest BCUT2D eigenvalue weighted by molar-refractivity contribution is 0.0526. The zero-order valence-corrected chi connectivity index (χ0v) is 19.1. The van der Waals surface area contributed by atoms with Gasteiger partial charge in [0.1, 0.15) is 0 Å². The summed E-state index contributed by atoms with van der Waals surface area (Å²) in [4.78, 5) is 2.34. The normalized spacial score (nSPS) is 13.2. The molecule has 8 heteroatoms. The maximum absolute atomic E-state index is 10.7. The van der Waals surface area contributed by atoms with Crippen LogP contribution in [0.5, 0.6) is 0 Å². The molecule has 0 saturated heterocycles. The lowest BCUT2D eigenvalue weighted by Crippen LogP contribution is -2.45. The molecule has 3 aromatic rings. The van der Waals surface area contributed by atoms with Crippen molar-refractivity contribution in [1.29, 1.82) is 0 Å². The average Bonchev–Trinajstić information content (AvgIpc) is 2.77. The van der Waals surface area contributed by atoms with Gasteiger partial charge in [0, 0.05) is 25.0 Å². The van der Waals surface area contributed by atoms with Gasteiger partial charge in [-0.05, 0) is 23.1 Å². The van der Waals surface area contributed by atoms with Crippen molar-refractivity contribution >= 4 is 22.0 Å². The Bertz CT molecular complexity index is 955. The molecule has 0 aliphatic carbocycles. The Kier molecular flexibility index (Phi) is 10.8. The summed E-state index contributed by atoms with van der Waals surface area (Å²) in [6.07, 6.45) is 0.160. The highest BCUT2D eigenvalue weighted by molar-refractivity contribution is 7.79. The van der Waals surface area contributed by atoms with Gasteiger partial charge < -0.3 is 5.11 Å². The SMILES string of the molecule is O=S(=O)(O)O.O[C@@H](CCl)[C@H](Cc1ccccc1)N(Cc1ccccc1)Cc1ccccc1. The summed E-state index contributed by atoms with van der Waals surface area (Å²) in [7, 11) is -4.67. The van der Waals surface area contributed by atoms with Crippen molar-refractivity contribution in [2.45, 2.75) is 31.7 Å². The average molecular weight is 478 g/mol. The number of aliphatic hydroxyl groups is 1. The standard InChI is InChI=1S/C24H26ClNO.H2O4S/c25-17-24(27)23(16-20-10-4-1-5-11-20)26(18-21-12-6-2-7-13-21)19-22-14-8-3-9-15-22;1-5(2,3)4/h1-15,23-24,27H,16-19H2;(H2,1,2,3,4)/t23-,24-;/m0./s1. The van der Waals surface area contributed by atoms with Gasteiger partial charge in [-0.25, -0.2) is 0 Å². The second kappa shape index (κ2) is 13.3. The third-order valence-corrected chi connectivity index (χ3v) is 5.13. The zero-order valence-electron chi connectivity index (χ0n) is 17.5. The van der Waals surface area contributed by atoms with Gasteiger partial charge in [-0.2, -0.15) is 8.42 Å². The van der Waals surface area contributed by atoms with Gasteiger partial charge in [-0.15, -0.1) is 11.6 Å². The molecule has 6 nitrogen and oxygen atoms in total. The first kappa shape index (κ1) is 26.0. The molecule has 0 heterocycles. The van der Waals surface area contributed by atoms with Crippen molar-refractivity contribution in [1.82, 2.24) is 4.90 Å². The molecular weight excluding hydrogens is 450 g/mol.